The maximum atomic E-state index is 9.45. The zero-order valence-corrected chi connectivity index (χ0v) is 4.36. The van der Waals surface area contributed by atoms with Gasteiger partial charge in [0.25, 0.3) is 0 Å². The molecule has 0 radical (unpaired) electrons. The van der Waals surface area contributed by atoms with Crippen LogP contribution in [0.5, 0.6) is 0 Å². The highest BCUT2D eigenvalue weighted by Crippen LogP contribution is 1.94. The quantitative estimate of drug-likeness (QED) is 0.486. The molecule has 0 unspecified atom stereocenters. The summed E-state index contributed by atoms with van der Waals surface area (Å²) in [7, 11) is 0. The number of cyclic esters (lactones) is 2. The van der Waals surface area contributed by atoms with Crippen molar-refractivity contribution in [3.05, 3.63) is 0 Å². The van der Waals surface area contributed by atoms with Gasteiger partial charge >= 0.3 is 6.16 Å². The Balaban J connectivity index is 0. The van der Waals surface area contributed by atoms with Gasteiger partial charge in [0.2, 0.25) is 6.79 Å². The van der Waals surface area contributed by atoms with E-state index in [-0.39, 0.29) is 25.4 Å². The van der Waals surface area contributed by atoms with Gasteiger partial charge in [-0.25, -0.2) is 4.79 Å². The lowest BCUT2D eigenvalue weighted by molar-refractivity contribution is -0.102. The first-order chi connectivity index (χ1) is 2.39. The van der Waals surface area contributed by atoms with E-state index in [9.17, 15) is 4.79 Å². The zero-order chi connectivity index (χ0) is 3.70. The SMILES string of the molecule is Cl.N.O=C1OCO1. The molecular formula is C2H6ClNO3. The number of hydrogen-bond acceptors (Lipinski definition) is 4. The Kier molecular flexibility index (Phi) is 5.14. The first-order valence-electron chi connectivity index (χ1n) is 1.19. The van der Waals surface area contributed by atoms with Gasteiger partial charge in [0.15, 0.2) is 0 Å². The average Bonchev–Trinajstić information content (AvgIpc) is 1.30. The van der Waals surface area contributed by atoms with Gasteiger partial charge in [0, 0.05) is 0 Å². The molecular weight excluding hydrogens is 121 g/mol. The molecule has 44 valence electrons. The normalized spacial score (nSPS) is 13.4. The summed E-state index contributed by atoms with van der Waals surface area (Å²) in [4.78, 5) is 9.45. The van der Waals surface area contributed by atoms with Crippen molar-refractivity contribution in [3.63, 3.8) is 0 Å². The lowest BCUT2D eigenvalue weighted by Crippen LogP contribution is -2.21. The number of rotatable bonds is 0. The van der Waals surface area contributed by atoms with Crippen LogP contribution in [-0.4, -0.2) is 12.9 Å². The average molecular weight is 128 g/mol. The molecule has 5 heteroatoms. The Morgan fingerprint density at radius 1 is 1.43 bits per heavy atom. The van der Waals surface area contributed by atoms with E-state index >= 15 is 0 Å². The van der Waals surface area contributed by atoms with E-state index in [2.05, 4.69) is 9.47 Å². The predicted octanol–water partition coefficient (Wildman–Crippen LogP) is 0.694. The van der Waals surface area contributed by atoms with Crippen LogP contribution in [0.4, 0.5) is 4.79 Å². The van der Waals surface area contributed by atoms with Crippen molar-refractivity contribution < 1.29 is 14.3 Å². The van der Waals surface area contributed by atoms with Crippen LogP contribution in [0.2, 0.25) is 0 Å². The van der Waals surface area contributed by atoms with Crippen LogP contribution in [0, 0.1) is 0 Å². The molecule has 4 nitrogen and oxygen atoms in total. The molecule has 0 aromatic carbocycles. The van der Waals surface area contributed by atoms with E-state index in [0.717, 1.165) is 0 Å². The number of halogens is 1. The molecule has 1 saturated heterocycles. The standard InChI is InChI=1S/C2H2O3.ClH.H3N/c3-2-4-1-5-2;;/h1H2;1H;1H3. The molecule has 1 fully saturated rings. The van der Waals surface area contributed by atoms with Crippen LogP contribution in [0.15, 0.2) is 0 Å². The van der Waals surface area contributed by atoms with Crippen LogP contribution in [0.3, 0.4) is 0 Å². The van der Waals surface area contributed by atoms with E-state index in [1.807, 2.05) is 0 Å². The van der Waals surface area contributed by atoms with Gasteiger partial charge in [-0.1, -0.05) is 0 Å². The number of ether oxygens (including phenoxy) is 2. The first-order valence-corrected chi connectivity index (χ1v) is 1.19. The summed E-state index contributed by atoms with van der Waals surface area (Å²) in [6, 6.07) is 0. The van der Waals surface area contributed by atoms with Gasteiger partial charge in [-0.2, -0.15) is 0 Å². The molecule has 0 bridgehead atoms. The van der Waals surface area contributed by atoms with Crippen molar-refractivity contribution >= 4 is 18.6 Å². The summed E-state index contributed by atoms with van der Waals surface area (Å²) < 4.78 is 8.14. The maximum absolute atomic E-state index is 9.45. The van der Waals surface area contributed by atoms with Crippen LogP contribution < -0.4 is 6.15 Å². The molecule has 1 heterocycles. The molecule has 3 N–H and O–H groups in total. The van der Waals surface area contributed by atoms with Crippen LogP contribution in [0.1, 0.15) is 0 Å². The molecule has 0 amide bonds. The van der Waals surface area contributed by atoms with Crippen molar-refractivity contribution in [2.45, 2.75) is 0 Å². The third kappa shape index (κ3) is 2.24. The van der Waals surface area contributed by atoms with Crippen LogP contribution in [-0.2, 0) is 9.47 Å². The molecule has 7 heavy (non-hydrogen) atoms. The lowest BCUT2D eigenvalue weighted by Gasteiger charge is -2.10. The van der Waals surface area contributed by atoms with Gasteiger partial charge in [0.05, 0.1) is 0 Å². The Bertz CT molecular complexity index is 60.0. The molecule has 1 aliphatic rings. The summed E-state index contributed by atoms with van der Waals surface area (Å²) in [5, 5.41) is 0. The number of carbonyl (C=O) groups is 1. The molecule has 1 aliphatic heterocycles. The van der Waals surface area contributed by atoms with E-state index in [1.165, 1.54) is 0 Å². The minimum Gasteiger partial charge on any atom is -0.396 e. The third-order valence-corrected chi connectivity index (χ3v) is 0.354. The van der Waals surface area contributed by atoms with Gasteiger partial charge in [-0.15, -0.1) is 12.4 Å². The Morgan fingerprint density at radius 3 is 1.71 bits per heavy atom. The minimum absolute atomic E-state index is 0. The van der Waals surface area contributed by atoms with Crippen molar-refractivity contribution in [1.82, 2.24) is 6.15 Å². The number of hydrogen-bond donors (Lipinski definition) is 1. The van der Waals surface area contributed by atoms with Gasteiger partial charge in [-0.05, 0) is 0 Å². The van der Waals surface area contributed by atoms with Gasteiger partial charge in [0.1, 0.15) is 0 Å². The molecule has 0 spiro atoms. The minimum atomic E-state index is -0.565. The fourth-order valence-corrected chi connectivity index (χ4v) is 0.107. The second kappa shape index (κ2) is 3.70. The first kappa shape index (κ1) is 9.72. The topological polar surface area (TPSA) is 70.5 Å². The van der Waals surface area contributed by atoms with E-state index < -0.39 is 6.16 Å². The molecule has 0 atom stereocenters. The molecule has 0 aliphatic carbocycles. The summed E-state index contributed by atoms with van der Waals surface area (Å²) >= 11 is 0. The third-order valence-electron chi connectivity index (χ3n) is 0.354. The summed E-state index contributed by atoms with van der Waals surface area (Å²) in [5.41, 5.74) is 0. The largest absolute Gasteiger partial charge is 0.514 e. The highest BCUT2D eigenvalue weighted by atomic mass is 35.5. The second-order valence-corrected chi connectivity index (χ2v) is 0.657. The fraction of sp³-hybridized carbons (Fsp3) is 0.500. The maximum Gasteiger partial charge on any atom is 0.514 e. The van der Waals surface area contributed by atoms with Gasteiger partial charge in [-0.3, -0.25) is 0 Å². The second-order valence-electron chi connectivity index (χ2n) is 0.657. The number of carbonyl (C=O) groups excluding carboxylic acids is 1. The van der Waals surface area contributed by atoms with E-state index in [1.54, 1.807) is 0 Å². The lowest BCUT2D eigenvalue weighted by atomic mass is 11.1. The Morgan fingerprint density at radius 2 is 1.71 bits per heavy atom. The van der Waals surface area contributed by atoms with E-state index in [4.69, 9.17) is 0 Å². The Labute approximate surface area is 46.8 Å². The van der Waals surface area contributed by atoms with Crippen molar-refractivity contribution in [2.24, 2.45) is 0 Å². The Hall–Kier alpha value is -0.480. The van der Waals surface area contributed by atoms with E-state index in [0.29, 0.717) is 0 Å². The molecule has 1 rings (SSSR count). The smallest absolute Gasteiger partial charge is 0.396 e. The molecule has 0 saturated carbocycles. The fourth-order valence-electron chi connectivity index (χ4n) is 0.107. The summed E-state index contributed by atoms with van der Waals surface area (Å²) in [6.07, 6.45) is -0.565. The highest BCUT2D eigenvalue weighted by Gasteiger charge is 2.12. The zero-order valence-electron chi connectivity index (χ0n) is 3.55. The van der Waals surface area contributed by atoms with Crippen molar-refractivity contribution in [2.75, 3.05) is 6.79 Å². The predicted molar refractivity (Wildman–Crippen MR) is 24.7 cm³/mol. The highest BCUT2D eigenvalue weighted by molar-refractivity contribution is 5.85. The molecule has 0 aromatic rings. The summed E-state index contributed by atoms with van der Waals surface area (Å²) in [5.74, 6) is 0. The molecule has 0 aromatic heterocycles. The van der Waals surface area contributed by atoms with Crippen LogP contribution in [0.25, 0.3) is 0 Å². The van der Waals surface area contributed by atoms with Crippen molar-refractivity contribution in [1.29, 1.82) is 0 Å². The van der Waals surface area contributed by atoms with Crippen LogP contribution >= 0.6 is 12.4 Å². The summed E-state index contributed by atoms with van der Waals surface area (Å²) in [6.45, 7) is 0.138. The van der Waals surface area contributed by atoms with Crippen molar-refractivity contribution in [3.8, 4) is 0 Å². The van der Waals surface area contributed by atoms with Gasteiger partial charge < -0.3 is 15.6 Å². The monoisotopic (exact) mass is 127 g/mol.